The number of hydrogen-bond donors (Lipinski definition) is 1. The molecule has 2 rings (SSSR count). The van der Waals surface area contributed by atoms with Gasteiger partial charge in [0.15, 0.2) is 5.16 Å². The first-order chi connectivity index (χ1) is 8.11. The molecule has 1 aliphatic rings. The highest BCUT2D eigenvalue weighted by Gasteiger charge is 2.26. The molecule has 1 atom stereocenters. The lowest BCUT2D eigenvalue weighted by atomic mass is 10.2. The molecule has 2 heterocycles. The van der Waals surface area contributed by atoms with E-state index in [1.807, 2.05) is 6.92 Å². The minimum Gasteiger partial charge on any atom is -0.356 e. The van der Waals surface area contributed by atoms with Crippen molar-refractivity contribution >= 4 is 17.7 Å². The van der Waals surface area contributed by atoms with Gasteiger partial charge in [0.05, 0.1) is 6.04 Å². The quantitative estimate of drug-likeness (QED) is 0.806. The molecular weight excluding hydrogens is 238 g/mol. The predicted molar refractivity (Wildman–Crippen MR) is 66.3 cm³/mol. The summed E-state index contributed by atoms with van der Waals surface area (Å²) in [7, 11) is 0. The van der Waals surface area contributed by atoms with Gasteiger partial charge in [-0.1, -0.05) is 11.8 Å². The number of nitrogens with zero attached hydrogens (tertiary/aromatic N) is 2. The van der Waals surface area contributed by atoms with E-state index >= 15 is 0 Å². The molecule has 6 heteroatoms. The van der Waals surface area contributed by atoms with E-state index in [1.165, 1.54) is 17.8 Å². The van der Waals surface area contributed by atoms with Crippen LogP contribution in [-0.4, -0.2) is 27.8 Å². The van der Waals surface area contributed by atoms with Gasteiger partial charge >= 0.3 is 0 Å². The van der Waals surface area contributed by atoms with Crippen molar-refractivity contribution in [1.82, 2.24) is 14.9 Å². The molecule has 0 spiro atoms. The number of fused-ring (bicyclic) bond motifs is 1. The van der Waals surface area contributed by atoms with Crippen LogP contribution in [-0.2, 0) is 4.79 Å². The summed E-state index contributed by atoms with van der Waals surface area (Å²) in [6.45, 7) is 4.30. The van der Waals surface area contributed by atoms with Gasteiger partial charge in [-0.15, -0.1) is 0 Å². The zero-order chi connectivity index (χ0) is 12.4. The zero-order valence-electron chi connectivity index (χ0n) is 9.90. The van der Waals surface area contributed by atoms with Crippen molar-refractivity contribution < 1.29 is 4.79 Å². The number of carbonyl (C=O) groups is 1. The van der Waals surface area contributed by atoms with Crippen LogP contribution in [0.25, 0.3) is 0 Å². The van der Waals surface area contributed by atoms with Gasteiger partial charge in [0.25, 0.3) is 5.56 Å². The van der Waals surface area contributed by atoms with Gasteiger partial charge in [-0.05, 0) is 13.8 Å². The number of thioether (sulfide) groups is 1. The Bertz CT molecular complexity index is 498. The summed E-state index contributed by atoms with van der Waals surface area (Å²) in [5, 5.41) is 3.48. The molecular formula is C11H15N3O2S. The number of hydrogen-bond acceptors (Lipinski definition) is 4. The second-order valence-electron chi connectivity index (χ2n) is 4.01. The van der Waals surface area contributed by atoms with Crippen LogP contribution in [0.5, 0.6) is 0 Å². The van der Waals surface area contributed by atoms with Gasteiger partial charge in [0.1, 0.15) is 0 Å². The summed E-state index contributed by atoms with van der Waals surface area (Å²) >= 11 is 1.54. The smallest absolute Gasteiger partial charge is 0.254 e. The molecule has 0 aromatic carbocycles. The Balaban J connectivity index is 2.22. The third-order valence-electron chi connectivity index (χ3n) is 2.61. The Hall–Kier alpha value is -1.30. The summed E-state index contributed by atoms with van der Waals surface area (Å²) in [5.74, 6) is 0.724. The zero-order valence-corrected chi connectivity index (χ0v) is 10.7. The van der Waals surface area contributed by atoms with E-state index in [9.17, 15) is 9.59 Å². The van der Waals surface area contributed by atoms with E-state index in [0.29, 0.717) is 13.0 Å². The Kier molecular flexibility index (Phi) is 3.51. The van der Waals surface area contributed by atoms with Crippen molar-refractivity contribution in [2.24, 2.45) is 0 Å². The molecule has 1 N–H and O–H groups in total. The van der Waals surface area contributed by atoms with Crippen LogP contribution in [0.15, 0.2) is 16.0 Å². The van der Waals surface area contributed by atoms with Crippen LogP contribution in [0, 0.1) is 6.92 Å². The highest BCUT2D eigenvalue weighted by atomic mass is 32.2. The van der Waals surface area contributed by atoms with E-state index in [-0.39, 0.29) is 17.5 Å². The van der Waals surface area contributed by atoms with Gasteiger partial charge in [0, 0.05) is 30.5 Å². The normalized spacial score (nSPS) is 17.9. The van der Waals surface area contributed by atoms with E-state index < -0.39 is 0 Å². The number of amides is 1. The van der Waals surface area contributed by atoms with Gasteiger partial charge in [-0.25, -0.2) is 4.98 Å². The highest BCUT2D eigenvalue weighted by molar-refractivity contribution is 7.99. The van der Waals surface area contributed by atoms with Gasteiger partial charge in [-0.2, -0.15) is 0 Å². The van der Waals surface area contributed by atoms with E-state index in [4.69, 9.17) is 0 Å². The maximum absolute atomic E-state index is 11.9. The van der Waals surface area contributed by atoms with E-state index in [1.54, 1.807) is 11.5 Å². The number of rotatable bonds is 3. The summed E-state index contributed by atoms with van der Waals surface area (Å²) in [4.78, 5) is 27.7. The average Bonchev–Trinajstić information content (AvgIpc) is 2.61. The van der Waals surface area contributed by atoms with Crippen molar-refractivity contribution in [2.75, 3.05) is 12.3 Å². The Labute approximate surface area is 104 Å². The molecule has 1 amide bonds. The lowest BCUT2D eigenvalue weighted by Crippen LogP contribution is -2.30. The monoisotopic (exact) mass is 253 g/mol. The maximum Gasteiger partial charge on any atom is 0.254 e. The molecule has 0 saturated carbocycles. The lowest BCUT2D eigenvalue weighted by molar-refractivity contribution is -0.121. The molecule has 17 heavy (non-hydrogen) atoms. The molecule has 5 nitrogen and oxygen atoms in total. The van der Waals surface area contributed by atoms with Crippen LogP contribution in [0.2, 0.25) is 0 Å². The van der Waals surface area contributed by atoms with E-state index in [2.05, 4.69) is 10.3 Å². The average molecular weight is 253 g/mol. The van der Waals surface area contributed by atoms with Crippen molar-refractivity contribution in [3.8, 4) is 0 Å². The molecule has 1 aromatic rings. The Morgan fingerprint density at radius 3 is 3.18 bits per heavy atom. The minimum absolute atomic E-state index is 0.0153. The van der Waals surface area contributed by atoms with Crippen molar-refractivity contribution in [3.05, 3.63) is 22.1 Å². The molecule has 92 valence electrons. The second kappa shape index (κ2) is 4.91. The minimum atomic E-state index is -0.0675. The van der Waals surface area contributed by atoms with Crippen LogP contribution < -0.4 is 10.9 Å². The fraction of sp³-hybridized carbons (Fsp3) is 0.545. The molecule has 0 bridgehead atoms. The largest absolute Gasteiger partial charge is 0.356 e. The summed E-state index contributed by atoms with van der Waals surface area (Å²) in [6.07, 6.45) is 0.346. The summed E-state index contributed by atoms with van der Waals surface area (Å²) in [5.41, 5.74) is 0.666. The highest BCUT2D eigenvalue weighted by Crippen LogP contribution is 2.31. The molecule has 1 aliphatic heterocycles. The van der Waals surface area contributed by atoms with Crippen LogP contribution in [0.4, 0.5) is 0 Å². The van der Waals surface area contributed by atoms with Gasteiger partial charge < -0.3 is 5.32 Å². The first-order valence-corrected chi connectivity index (χ1v) is 6.60. The van der Waals surface area contributed by atoms with Crippen LogP contribution in [0.1, 0.15) is 25.1 Å². The molecule has 0 aliphatic carbocycles. The van der Waals surface area contributed by atoms with Crippen molar-refractivity contribution in [2.45, 2.75) is 31.5 Å². The molecule has 1 aromatic heterocycles. The van der Waals surface area contributed by atoms with Crippen LogP contribution in [0.3, 0.4) is 0 Å². The molecule has 0 unspecified atom stereocenters. The summed E-state index contributed by atoms with van der Waals surface area (Å²) < 4.78 is 1.63. The molecule has 0 saturated heterocycles. The third-order valence-corrected chi connectivity index (χ3v) is 3.71. The van der Waals surface area contributed by atoms with Gasteiger partial charge in [0.2, 0.25) is 5.91 Å². The molecule has 0 radical (unpaired) electrons. The number of carbonyl (C=O) groups excluding carboxylic acids is 1. The van der Waals surface area contributed by atoms with Gasteiger partial charge in [-0.3, -0.25) is 14.2 Å². The number of nitrogens with one attached hydrogen (secondary N) is 1. The first-order valence-electron chi connectivity index (χ1n) is 5.61. The fourth-order valence-electron chi connectivity index (χ4n) is 1.90. The van der Waals surface area contributed by atoms with E-state index in [0.717, 1.165) is 16.6 Å². The second-order valence-corrected chi connectivity index (χ2v) is 5.00. The summed E-state index contributed by atoms with van der Waals surface area (Å²) in [6, 6.07) is 1.45. The van der Waals surface area contributed by atoms with Crippen LogP contribution >= 0.6 is 11.8 Å². The Morgan fingerprint density at radius 2 is 2.47 bits per heavy atom. The molecule has 0 fully saturated rings. The topological polar surface area (TPSA) is 64.0 Å². The predicted octanol–water partition coefficient (Wildman–Crippen LogP) is 0.725. The fourth-order valence-corrected chi connectivity index (χ4v) is 3.09. The van der Waals surface area contributed by atoms with Crippen molar-refractivity contribution in [1.29, 1.82) is 0 Å². The number of aromatic nitrogens is 2. The number of aryl methyl sites for hydroxylation is 1. The van der Waals surface area contributed by atoms with Crippen molar-refractivity contribution in [3.63, 3.8) is 0 Å². The third kappa shape index (κ3) is 2.52. The first kappa shape index (κ1) is 12.2. The lowest BCUT2D eigenvalue weighted by Gasteiger charge is -2.12. The maximum atomic E-state index is 11.9. The Morgan fingerprint density at radius 1 is 1.71 bits per heavy atom. The standard InChI is InChI=1S/C11H15N3O2S/c1-3-12-9(15)5-8-6-17-11-13-7(2)4-10(16)14(8)11/h4,8H,3,5-6H2,1-2H3,(H,12,15)/t8-/m1/s1. The SMILES string of the molecule is CCNC(=O)C[C@@H]1CSc2nc(C)cc(=O)n21.